The lowest BCUT2D eigenvalue weighted by Crippen LogP contribution is -2.46. The second-order valence-electron chi connectivity index (χ2n) is 25.6. The molecule has 91 heavy (non-hydrogen) atoms. The number of carboxylic acids is 1. The molecule has 0 spiro atoms. The average Bonchev–Trinajstić information content (AvgIpc) is 1.82. The molecule has 4 N–H and O–H groups in total. The van der Waals surface area contributed by atoms with Crippen molar-refractivity contribution >= 4 is 67.7 Å². The standard InChI is InChI=1S/C36H46N4O5.C19H23NO4.C17H25N3O2/c1-36(2,3)45-35(42)37-29(21-25-13-14-26-10-6-7-11-27(26)20-25)22-33(41)39-17-8-12-28(24-39)34-38-31-16-15-30(44-5)23-32(31)40(34)18-9-19-43-4;1-19(2,3)24-18(23)20-16(12-17(21)22)11-13-8-9-14-6-4-5-7-15(14)10-13;1-21-10-4-9-20-16-11-14(22-2)6-7-15(16)19-17(20)13-5-3-8-18-12-13/h6-7,10-11,13-16,20,23,28-29H,8-9,12,17-19,21-22,24H2,1-5H3,(H,37,42);4-10,16H,11-12H2,1-3H3,(H,20,23)(H,21,22);6-7,11,13,18H,3-5,8-10,12H2,1-2H3/t28-,29-;16-;13-/m111/s1. The van der Waals surface area contributed by atoms with Gasteiger partial charge in [-0.1, -0.05) is 84.9 Å². The van der Waals surface area contributed by atoms with Gasteiger partial charge in [-0.05, 0) is 156 Å². The zero-order chi connectivity index (χ0) is 65.1. The summed E-state index contributed by atoms with van der Waals surface area (Å²) in [5.74, 6) is 3.52. The summed E-state index contributed by atoms with van der Waals surface area (Å²) in [5, 5.41) is 22.7. The number of imidazole rings is 2. The van der Waals surface area contributed by atoms with Crippen molar-refractivity contribution < 1.29 is 52.7 Å². The molecule has 6 aromatic carbocycles. The van der Waals surface area contributed by atoms with Crippen LogP contribution in [0.4, 0.5) is 9.59 Å². The number of hydrogen-bond donors (Lipinski definition) is 4. The third-order valence-corrected chi connectivity index (χ3v) is 16.1. The number of carboxylic acid groups (broad SMARTS) is 1. The summed E-state index contributed by atoms with van der Waals surface area (Å²) in [7, 11) is 6.84. The van der Waals surface area contributed by atoms with Gasteiger partial charge in [-0.25, -0.2) is 19.6 Å². The van der Waals surface area contributed by atoms with Gasteiger partial charge in [-0.2, -0.15) is 0 Å². The Labute approximate surface area is 535 Å². The highest BCUT2D eigenvalue weighted by molar-refractivity contribution is 5.85. The topological polar surface area (TPSA) is 219 Å². The third kappa shape index (κ3) is 20.4. The highest BCUT2D eigenvalue weighted by Crippen LogP contribution is 2.33. The molecule has 488 valence electrons. The van der Waals surface area contributed by atoms with Gasteiger partial charge in [0.2, 0.25) is 5.91 Å². The van der Waals surface area contributed by atoms with Crippen LogP contribution in [0.1, 0.15) is 128 Å². The van der Waals surface area contributed by atoms with E-state index in [1.54, 1.807) is 49.2 Å². The Kier molecular flexibility index (Phi) is 24.6. The number of fused-ring (bicyclic) bond motifs is 4. The molecular formula is C72H94N8O11. The molecule has 0 aliphatic carbocycles. The fraction of sp³-hybridized carbons (Fsp3) is 0.472. The van der Waals surface area contributed by atoms with Crippen molar-refractivity contribution in [3.8, 4) is 11.5 Å². The first kappa shape index (κ1) is 68.6. The van der Waals surface area contributed by atoms with Crippen LogP contribution >= 0.6 is 0 Å². The van der Waals surface area contributed by atoms with Gasteiger partial charge in [-0.15, -0.1) is 0 Å². The van der Waals surface area contributed by atoms with Gasteiger partial charge in [0.05, 0.1) is 42.7 Å². The number of aryl methyl sites for hydroxylation is 2. The maximum atomic E-state index is 13.9. The van der Waals surface area contributed by atoms with Gasteiger partial charge < -0.3 is 63.5 Å². The highest BCUT2D eigenvalue weighted by atomic mass is 16.6. The Morgan fingerprint density at radius 2 is 1.07 bits per heavy atom. The number of carbonyl (C=O) groups is 4. The summed E-state index contributed by atoms with van der Waals surface area (Å²) in [4.78, 5) is 61.7. The van der Waals surface area contributed by atoms with E-state index in [4.69, 9.17) is 43.5 Å². The first-order valence-electron chi connectivity index (χ1n) is 31.9. The minimum absolute atomic E-state index is 0.0188. The van der Waals surface area contributed by atoms with Crippen molar-refractivity contribution in [2.24, 2.45) is 0 Å². The van der Waals surface area contributed by atoms with Crippen LogP contribution in [-0.4, -0.2) is 144 Å². The first-order chi connectivity index (χ1) is 43.7. The molecule has 4 atom stereocenters. The van der Waals surface area contributed by atoms with Crippen LogP contribution in [-0.2, 0) is 54.5 Å². The van der Waals surface area contributed by atoms with Crippen molar-refractivity contribution in [3.05, 3.63) is 144 Å². The number of alkyl carbamates (subject to hydrolysis) is 2. The van der Waals surface area contributed by atoms with Gasteiger partial charge in [0, 0.05) is 103 Å². The molecule has 8 aromatic rings. The van der Waals surface area contributed by atoms with Crippen LogP contribution in [0.5, 0.6) is 11.5 Å². The molecule has 0 unspecified atom stereocenters. The number of carbonyl (C=O) groups excluding carboxylic acids is 3. The summed E-state index contributed by atoms with van der Waals surface area (Å²) in [5.41, 5.74) is 4.93. The van der Waals surface area contributed by atoms with Crippen LogP contribution in [0, 0.1) is 0 Å². The molecule has 2 aromatic heterocycles. The Morgan fingerprint density at radius 1 is 0.593 bits per heavy atom. The Hall–Kier alpha value is -8.26. The molecule has 2 saturated heterocycles. The zero-order valence-electron chi connectivity index (χ0n) is 54.9. The molecule has 4 heterocycles. The Morgan fingerprint density at radius 3 is 1.52 bits per heavy atom. The number of nitrogens with zero attached hydrogens (tertiary/aromatic N) is 5. The van der Waals surface area contributed by atoms with E-state index >= 15 is 0 Å². The fourth-order valence-corrected chi connectivity index (χ4v) is 12.0. The lowest BCUT2D eigenvalue weighted by molar-refractivity contribution is -0.137. The van der Waals surface area contributed by atoms with Crippen LogP contribution in [0.3, 0.4) is 0 Å². The minimum atomic E-state index is -0.961. The van der Waals surface area contributed by atoms with Gasteiger partial charge in [0.1, 0.15) is 34.3 Å². The van der Waals surface area contributed by atoms with E-state index in [0.717, 1.165) is 131 Å². The third-order valence-electron chi connectivity index (χ3n) is 16.1. The summed E-state index contributed by atoms with van der Waals surface area (Å²) in [6.07, 6.45) is 5.95. The predicted octanol–water partition coefficient (Wildman–Crippen LogP) is 12.8. The van der Waals surface area contributed by atoms with Crippen LogP contribution in [0.2, 0.25) is 0 Å². The summed E-state index contributed by atoms with van der Waals surface area (Å²) < 4.78 is 36.8. The monoisotopic (exact) mass is 1250 g/mol. The smallest absolute Gasteiger partial charge is 0.407 e. The van der Waals surface area contributed by atoms with Gasteiger partial charge >= 0.3 is 18.2 Å². The minimum Gasteiger partial charge on any atom is -0.497 e. The normalized spacial score (nSPS) is 15.8. The number of methoxy groups -OCH3 is 4. The largest absolute Gasteiger partial charge is 0.497 e. The van der Waals surface area contributed by atoms with Gasteiger partial charge in [-0.3, -0.25) is 9.59 Å². The van der Waals surface area contributed by atoms with Crippen LogP contribution in [0.15, 0.2) is 121 Å². The van der Waals surface area contributed by atoms with E-state index in [1.165, 1.54) is 18.7 Å². The summed E-state index contributed by atoms with van der Waals surface area (Å²) in [6.45, 7) is 17.3. The molecule has 19 nitrogen and oxygen atoms in total. The molecule has 2 aliphatic heterocycles. The van der Waals surface area contributed by atoms with Crippen LogP contribution in [0.25, 0.3) is 43.6 Å². The Balaban J connectivity index is 0.000000194. The number of hydrogen-bond acceptors (Lipinski definition) is 13. The van der Waals surface area contributed by atoms with E-state index < -0.39 is 41.4 Å². The summed E-state index contributed by atoms with van der Waals surface area (Å²) in [6, 6.07) is 39.5. The number of rotatable bonds is 22. The van der Waals surface area contributed by atoms with E-state index in [0.29, 0.717) is 38.5 Å². The molecule has 3 amide bonds. The highest BCUT2D eigenvalue weighted by Gasteiger charge is 2.32. The molecule has 2 aliphatic rings. The fourth-order valence-electron chi connectivity index (χ4n) is 12.0. The number of amides is 3. The number of nitrogens with one attached hydrogen (secondary N) is 3. The van der Waals surface area contributed by atoms with Crippen molar-refractivity contribution in [1.82, 2.24) is 40.0 Å². The molecular weight excluding hydrogens is 1150 g/mol. The number of aliphatic carboxylic acids is 1. The Bertz CT molecular complexity index is 3690. The summed E-state index contributed by atoms with van der Waals surface area (Å²) >= 11 is 0. The van der Waals surface area contributed by atoms with E-state index in [9.17, 15) is 19.2 Å². The van der Waals surface area contributed by atoms with E-state index in [2.05, 4.69) is 67.5 Å². The van der Waals surface area contributed by atoms with Crippen LogP contribution < -0.4 is 25.4 Å². The van der Waals surface area contributed by atoms with Crippen molar-refractivity contribution in [1.29, 1.82) is 0 Å². The quantitative estimate of drug-likeness (QED) is 0.0464. The molecule has 0 bridgehead atoms. The van der Waals surface area contributed by atoms with Gasteiger partial charge in [0.25, 0.3) is 0 Å². The molecule has 19 heteroatoms. The second-order valence-corrected chi connectivity index (χ2v) is 25.6. The number of benzene rings is 6. The molecule has 2 fully saturated rings. The number of aromatic nitrogens is 4. The second kappa shape index (κ2) is 32.7. The zero-order valence-corrected chi connectivity index (χ0v) is 54.9. The maximum Gasteiger partial charge on any atom is 0.407 e. The van der Waals surface area contributed by atoms with Gasteiger partial charge in [0.15, 0.2) is 0 Å². The molecule has 0 saturated carbocycles. The predicted molar refractivity (Wildman–Crippen MR) is 357 cm³/mol. The number of likely N-dealkylation sites (tertiary alicyclic amines) is 1. The molecule has 0 radical (unpaired) electrons. The average molecular weight is 1250 g/mol. The lowest BCUT2D eigenvalue weighted by Gasteiger charge is -2.34. The number of ether oxygens (including phenoxy) is 6. The SMILES string of the molecule is CC(C)(C)OC(=O)N[C@@H](CC(=O)O)Cc1ccc2ccccc2c1.COCCCn1c([C@@H]2CCCN(C(=O)C[C@@H](Cc3ccc4ccccc4c3)NC(=O)OC(C)(C)C)C2)nc2ccc(OC)cc21.COCCCn1c([C@@H]2CCCNC2)nc2ccc(OC)cc21. The van der Waals surface area contributed by atoms with Crippen molar-refractivity contribution in [2.75, 3.05) is 67.8 Å². The van der Waals surface area contributed by atoms with E-state index in [-0.39, 0.29) is 24.7 Å². The van der Waals surface area contributed by atoms with Crippen molar-refractivity contribution in [2.45, 2.75) is 154 Å². The first-order valence-corrected chi connectivity index (χ1v) is 31.9. The molecule has 10 rings (SSSR count). The van der Waals surface area contributed by atoms with Crippen molar-refractivity contribution in [3.63, 3.8) is 0 Å². The van der Waals surface area contributed by atoms with E-state index in [1.807, 2.05) is 105 Å². The number of piperidine rings is 2. The maximum absolute atomic E-state index is 13.9. The lowest BCUT2D eigenvalue weighted by atomic mass is 9.95.